The van der Waals surface area contributed by atoms with E-state index >= 15 is 0 Å². The lowest BCUT2D eigenvalue weighted by Gasteiger charge is -2.03. The van der Waals surface area contributed by atoms with Gasteiger partial charge in [-0.15, -0.1) is 0 Å². The number of fused-ring (bicyclic) bond motifs is 3. The number of rotatable bonds is 2. The standard InChI is InChI=1S/C17H14O3/c1-3-10-4-6-12-13-7-5-11(17(19)20-2)9-15(13)16(18)14(12)8-10/h4-9H,3H2,1-2H3. The predicted molar refractivity (Wildman–Crippen MR) is 76.0 cm³/mol. The third kappa shape index (κ3) is 1.74. The minimum absolute atomic E-state index is 0.0175. The number of aryl methyl sites for hydroxylation is 1. The maximum Gasteiger partial charge on any atom is 0.337 e. The van der Waals surface area contributed by atoms with Gasteiger partial charge in [0.15, 0.2) is 5.78 Å². The Labute approximate surface area is 117 Å². The first-order valence-electron chi connectivity index (χ1n) is 6.56. The molecule has 0 heterocycles. The van der Waals surface area contributed by atoms with E-state index in [9.17, 15) is 9.59 Å². The molecule has 2 aromatic rings. The molecule has 1 aliphatic carbocycles. The molecule has 0 radical (unpaired) electrons. The van der Waals surface area contributed by atoms with E-state index in [-0.39, 0.29) is 5.78 Å². The Hall–Kier alpha value is -2.42. The van der Waals surface area contributed by atoms with Gasteiger partial charge in [-0.1, -0.05) is 25.1 Å². The Morgan fingerprint density at radius 1 is 1.00 bits per heavy atom. The fraction of sp³-hybridized carbons (Fsp3) is 0.176. The molecule has 0 fully saturated rings. The number of ether oxygens (including phenoxy) is 1. The fourth-order valence-corrected chi connectivity index (χ4v) is 2.59. The molecule has 0 saturated heterocycles. The van der Waals surface area contributed by atoms with Crippen molar-refractivity contribution < 1.29 is 14.3 Å². The predicted octanol–water partition coefficient (Wildman–Crippen LogP) is 3.25. The van der Waals surface area contributed by atoms with E-state index < -0.39 is 5.97 Å². The summed E-state index contributed by atoms with van der Waals surface area (Å²) in [5, 5.41) is 0. The van der Waals surface area contributed by atoms with Gasteiger partial charge in [0.25, 0.3) is 0 Å². The van der Waals surface area contributed by atoms with Crippen LogP contribution in [-0.2, 0) is 11.2 Å². The monoisotopic (exact) mass is 266 g/mol. The van der Waals surface area contributed by atoms with Crippen LogP contribution < -0.4 is 0 Å². The molecule has 0 spiro atoms. The van der Waals surface area contributed by atoms with Crippen molar-refractivity contribution in [2.75, 3.05) is 7.11 Å². The summed E-state index contributed by atoms with van der Waals surface area (Å²) in [6.45, 7) is 2.06. The van der Waals surface area contributed by atoms with Gasteiger partial charge in [0, 0.05) is 11.1 Å². The highest BCUT2D eigenvalue weighted by molar-refractivity contribution is 6.22. The number of methoxy groups -OCH3 is 1. The summed E-state index contributed by atoms with van der Waals surface area (Å²) < 4.78 is 4.69. The topological polar surface area (TPSA) is 43.4 Å². The van der Waals surface area contributed by atoms with Crippen molar-refractivity contribution in [2.24, 2.45) is 0 Å². The molecule has 0 unspecified atom stereocenters. The molecular formula is C17H14O3. The molecule has 0 aromatic heterocycles. The second-order valence-corrected chi connectivity index (χ2v) is 4.81. The lowest BCUT2D eigenvalue weighted by atomic mass is 10.0. The summed E-state index contributed by atoms with van der Waals surface area (Å²) in [7, 11) is 1.33. The number of hydrogen-bond acceptors (Lipinski definition) is 3. The third-order valence-corrected chi connectivity index (χ3v) is 3.71. The summed E-state index contributed by atoms with van der Waals surface area (Å²) in [4.78, 5) is 24.0. The van der Waals surface area contributed by atoms with Crippen molar-refractivity contribution in [3.63, 3.8) is 0 Å². The Bertz CT molecular complexity index is 729. The molecule has 0 bridgehead atoms. The Morgan fingerprint density at radius 2 is 1.65 bits per heavy atom. The number of benzene rings is 2. The number of esters is 1. The lowest BCUT2D eigenvalue weighted by molar-refractivity contribution is 0.0601. The van der Waals surface area contributed by atoms with E-state index in [4.69, 9.17) is 4.74 Å². The molecule has 1 aliphatic rings. The zero-order valence-electron chi connectivity index (χ0n) is 11.4. The molecule has 3 rings (SSSR count). The van der Waals surface area contributed by atoms with Crippen LogP contribution >= 0.6 is 0 Å². The van der Waals surface area contributed by atoms with Gasteiger partial charge in [0.1, 0.15) is 0 Å². The van der Waals surface area contributed by atoms with Crippen molar-refractivity contribution >= 4 is 11.8 Å². The number of carbonyl (C=O) groups is 2. The molecule has 2 aromatic carbocycles. The fourth-order valence-electron chi connectivity index (χ4n) is 2.59. The van der Waals surface area contributed by atoms with Crippen LogP contribution in [-0.4, -0.2) is 18.9 Å². The first kappa shape index (κ1) is 12.6. The van der Waals surface area contributed by atoms with Crippen molar-refractivity contribution in [3.05, 3.63) is 58.7 Å². The smallest absolute Gasteiger partial charge is 0.337 e. The minimum Gasteiger partial charge on any atom is -0.465 e. The molecule has 0 atom stereocenters. The SMILES string of the molecule is CCc1ccc2c(c1)C(=O)c1cc(C(=O)OC)ccc1-2. The zero-order valence-corrected chi connectivity index (χ0v) is 11.4. The van der Waals surface area contributed by atoms with Gasteiger partial charge in [0.05, 0.1) is 12.7 Å². The average molecular weight is 266 g/mol. The van der Waals surface area contributed by atoms with Gasteiger partial charge in [0.2, 0.25) is 0 Å². The van der Waals surface area contributed by atoms with Gasteiger partial charge in [-0.05, 0) is 41.3 Å². The third-order valence-electron chi connectivity index (χ3n) is 3.71. The van der Waals surface area contributed by atoms with Gasteiger partial charge < -0.3 is 4.74 Å². The molecule has 3 nitrogen and oxygen atoms in total. The van der Waals surface area contributed by atoms with E-state index in [2.05, 4.69) is 6.92 Å². The Kier molecular flexibility index (Phi) is 2.90. The quantitative estimate of drug-likeness (QED) is 0.669. The van der Waals surface area contributed by atoms with E-state index in [1.807, 2.05) is 24.3 Å². The minimum atomic E-state index is -0.425. The average Bonchev–Trinajstić information content (AvgIpc) is 2.78. The molecule has 20 heavy (non-hydrogen) atoms. The van der Waals surface area contributed by atoms with E-state index in [0.29, 0.717) is 11.1 Å². The molecule has 0 N–H and O–H groups in total. The van der Waals surface area contributed by atoms with E-state index in [1.165, 1.54) is 7.11 Å². The maximum atomic E-state index is 12.5. The van der Waals surface area contributed by atoms with E-state index in [0.717, 1.165) is 28.7 Å². The van der Waals surface area contributed by atoms with Crippen LogP contribution in [0, 0.1) is 0 Å². The number of carbonyl (C=O) groups excluding carboxylic acids is 2. The number of ketones is 1. The van der Waals surface area contributed by atoms with Crippen LogP contribution in [0.2, 0.25) is 0 Å². The van der Waals surface area contributed by atoms with Crippen molar-refractivity contribution in [1.82, 2.24) is 0 Å². The van der Waals surface area contributed by atoms with Crippen molar-refractivity contribution in [1.29, 1.82) is 0 Å². The van der Waals surface area contributed by atoms with Crippen molar-refractivity contribution in [3.8, 4) is 11.1 Å². The normalized spacial score (nSPS) is 12.0. The second kappa shape index (κ2) is 4.60. The molecular weight excluding hydrogens is 252 g/mol. The number of hydrogen-bond donors (Lipinski definition) is 0. The van der Waals surface area contributed by atoms with Crippen LogP contribution in [0.5, 0.6) is 0 Å². The maximum absolute atomic E-state index is 12.5. The molecule has 0 amide bonds. The summed E-state index contributed by atoms with van der Waals surface area (Å²) in [6, 6.07) is 11.1. The Morgan fingerprint density at radius 3 is 2.30 bits per heavy atom. The molecule has 3 heteroatoms. The zero-order chi connectivity index (χ0) is 14.3. The second-order valence-electron chi connectivity index (χ2n) is 4.81. The summed E-state index contributed by atoms with van der Waals surface area (Å²) in [5.74, 6) is -0.443. The highest BCUT2D eigenvalue weighted by Crippen LogP contribution is 2.37. The molecule has 0 saturated carbocycles. The van der Waals surface area contributed by atoms with Crippen LogP contribution in [0.4, 0.5) is 0 Å². The van der Waals surface area contributed by atoms with Crippen LogP contribution in [0.1, 0.15) is 38.8 Å². The first-order valence-corrected chi connectivity index (χ1v) is 6.56. The molecule has 0 aliphatic heterocycles. The van der Waals surface area contributed by atoms with Crippen LogP contribution in [0.3, 0.4) is 0 Å². The summed E-state index contributed by atoms with van der Waals surface area (Å²) in [6.07, 6.45) is 0.893. The van der Waals surface area contributed by atoms with Gasteiger partial charge in [-0.2, -0.15) is 0 Å². The van der Waals surface area contributed by atoms with Gasteiger partial charge in [-0.3, -0.25) is 4.79 Å². The van der Waals surface area contributed by atoms with Crippen molar-refractivity contribution in [2.45, 2.75) is 13.3 Å². The first-order chi connectivity index (χ1) is 9.65. The summed E-state index contributed by atoms with van der Waals surface area (Å²) >= 11 is 0. The Balaban J connectivity index is 2.15. The van der Waals surface area contributed by atoms with Gasteiger partial charge >= 0.3 is 5.97 Å². The molecule has 100 valence electrons. The highest BCUT2D eigenvalue weighted by Gasteiger charge is 2.27. The van der Waals surface area contributed by atoms with Gasteiger partial charge in [-0.25, -0.2) is 4.79 Å². The van der Waals surface area contributed by atoms with E-state index in [1.54, 1.807) is 12.1 Å². The largest absolute Gasteiger partial charge is 0.465 e. The van der Waals surface area contributed by atoms with Crippen LogP contribution in [0.25, 0.3) is 11.1 Å². The highest BCUT2D eigenvalue weighted by atomic mass is 16.5. The summed E-state index contributed by atoms with van der Waals surface area (Å²) in [5.41, 5.74) is 4.68. The lowest BCUT2D eigenvalue weighted by Crippen LogP contribution is -2.03. The van der Waals surface area contributed by atoms with Crippen LogP contribution in [0.15, 0.2) is 36.4 Å².